The molecule has 3 atom stereocenters. The minimum atomic E-state index is -0.967. The number of likely N-dealkylation sites (tertiary alicyclic amines) is 1. The van der Waals surface area contributed by atoms with Crippen molar-refractivity contribution in [3.8, 4) is 0 Å². The molecule has 0 aliphatic carbocycles. The largest absolute Gasteiger partial charge is 0.326 e. The van der Waals surface area contributed by atoms with Crippen molar-refractivity contribution in [1.29, 1.82) is 0 Å². The van der Waals surface area contributed by atoms with E-state index in [1.54, 1.807) is 12.1 Å². The minimum Gasteiger partial charge on any atom is -0.326 e. The van der Waals surface area contributed by atoms with E-state index in [9.17, 15) is 19.2 Å². The average molecular weight is 432 g/mol. The van der Waals surface area contributed by atoms with E-state index >= 15 is 0 Å². The molecule has 3 aliphatic rings. The maximum Gasteiger partial charge on any atom is 0.262 e. The fourth-order valence-corrected chi connectivity index (χ4v) is 5.07. The highest BCUT2D eigenvalue weighted by molar-refractivity contribution is 6.24. The second-order valence-corrected chi connectivity index (χ2v) is 8.64. The summed E-state index contributed by atoms with van der Waals surface area (Å²) in [7, 11) is 0. The molecular weight excluding hydrogens is 408 g/mol. The first kappa shape index (κ1) is 20.5. The zero-order valence-electron chi connectivity index (χ0n) is 17.5. The van der Waals surface area contributed by atoms with E-state index in [2.05, 4.69) is 22.3 Å². The zero-order chi connectivity index (χ0) is 22.4. The van der Waals surface area contributed by atoms with Crippen molar-refractivity contribution in [3.05, 3.63) is 70.8 Å². The van der Waals surface area contributed by atoms with Gasteiger partial charge in [-0.1, -0.05) is 42.5 Å². The number of nitrogens with one attached hydrogen (secondary N) is 1. The third-order valence-corrected chi connectivity index (χ3v) is 6.55. The molecule has 5 rings (SSSR count). The van der Waals surface area contributed by atoms with Crippen LogP contribution in [-0.2, 0) is 16.1 Å². The molecule has 32 heavy (non-hydrogen) atoms. The van der Waals surface area contributed by atoms with Crippen LogP contribution in [0, 0.1) is 0 Å². The van der Waals surface area contributed by atoms with Gasteiger partial charge in [0.1, 0.15) is 6.04 Å². The zero-order valence-corrected chi connectivity index (χ0v) is 17.5. The Hall–Kier alpha value is -3.36. The van der Waals surface area contributed by atoms with E-state index in [1.807, 2.05) is 24.3 Å². The number of piperidine rings is 1. The van der Waals surface area contributed by atoms with Crippen LogP contribution in [0.2, 0.25) is 0 Å². The fraction of sp³-hybridized carbons (Fsp3) is 0.333. The highest BCUT2D eigenvalue weighted by atomic mass is 16.2. The molecule has 4 amide bonds. The molecule has 0 radical (unpaired) electrons. The smallest absolute Gasteiger partial charge is 0.262 e. The predicted molar refractivity (Wildman–Crippen MR) is 115 cm³/mol. The van der Waals surface area contributed by atoms with Crippen LogP contribution in [0.5, 0.6) is 0 Å². The molecule has 3 aliphatic heterocycles. The third-order valence-electron chi connectivity index (χ3n) is 6.55. The Kier molecular flexibility index (Phi) is 5.11. The van der Waals surface area contributed by atoms with Gasteiger partial charge in [-0.05, 0) is 30.0 Å². The van der Waals surface area contributed by atoms with Crippen LogP contribution in [0.3, 0.4) is 0 Å². The fourth-order valence-electron chi connectivity index (χ4n) is 5.07. The first-order chi connectivity index (χ1) is 15.4. The molecule has 2 aromatic rings. The van der Waals surface area contributed by atoms with Crippen LogP contribution < -0.4 is 11.1 Å². The molecule has 0 aromatic heterocycles. The molecule has 8 heteroatoms. The second kappa shape index (κ2) is 7.96. The maximum atomic E-state index is 13.3. The Morgan fingerprint density at radius 2 is 1.72 bits per heavy atom. The quantitative estimate of drug-likeness (QED) is 0.706. The topological polar surface area (TPSA) is 113 Å². The molecule has 3 N–H and O–H groups in total. The Morgan fingerprint density at radius 3 is 2.47 bits per heavy atom. The SMILES string of the molecule is N[C@H]1C[C@@H](c2ccccc2)N(Cc2cccc3c2C(=O)N(C2CCC(=O)NC2=O)C3=O)C1. The minimum absolute atomic E-state index is 0.0225. The van der Waals surface area contributed by atoms with E-state index in [1.165, 1.54) is 5.56 Å². The van der Waals surface area contributed by atoms with Gasteiger partial charge in [0.05, 0.1) is 11.1 Å². The summed E-state index contributed by atoms with van der Waals surface area (Å²) in [5.41, 5.74) is 8.83. The molecule has 2 fully saturated rings. The summed E-state index contributed by atoms with van der Waals surface area (Å²) < 4.78 is 0. The number of nitrogens with two attached hydrogens (primary N) is 1. The van der Waals surface area contributed by atoms with Crippen molar-refractivity contribution < 1.29 is 19.2 Å². The molecule has 1 unspecified atom stereocenters. The molecule has 8 nitrogen and oxygen atoms in total. The van der Waals surface area contributed by atoms with Crippen LogP contribution in [-0.4, -0.2) is 52.1 Å². The van der Waals surface area contributed by atoms with Crippen molar-refractivity contribution in [3.63, 3.8) is 0 Å². The second-order valence-electron chi connectivity index (χ2n) is 8.64. The molecule has 0 saturated carbocycles. The molecule has 2 aromatic carbocycles. The number of carbonyl (C=O) groups is 4. The van der Waals surface area contributed by atoms with Crippen LogP contribution >= 0.6 is 0 Å². The molecule has 0 bridgehead atoms. The predicted octanol–water partition coefficient (Wildman–Crippen LogP) is 1.36. The molecule has 2 saturated heterocycles. The summed E-state index contributed by atoms with van der Waals surface area (Å²) in [5, 5.41) is 2.23. The summed E-state index contributed by atoms with van der Waals surface area (Å²) >= 11 is 0. The number of hydrogen-bond acceptors (Lipinski definition) is 6. The van der Waals surface area contributed by atoms with Crippen molar-refractivity contribution in [1.82, 2.24) is 15.1 Å². The van der Waals surface area contributed by atoms with Gasteiger partial charge in [-0.15, -0.1) is 0 Å². The summed E-state index contributed by atoms with van der Waals surface area (Å²) in [6.07, 6.45) is 1.05. The number of amides is 4. The molecule has 164 valence electrons. The van der Waals surface area contributed by atoms with Gasteiger partial charge in [0.2, 0.25) is 11.8 Å². The van der Waals surface area contributed by atoms with Gasteiger partial charge in [-0.2, -0.15) is 0 Å². The van der Waals surface area contributed by atoms with Gasteiger partial charge in [-0.3, -0.25) is 34.3 Å². The monoisotopic (exact) mass is 432 g/mol. The van der Waals surface area contributed by atoms with Gasteiger partial charge >= 0.3 is 0 Å². The summed E-state index contributed by atoms with van der Waals surface area (Å²) in [5.74, 6) is -1.96. The number of nitrogens with zero attached hydrogens (tertiary/aromatic N) is 2. The first-order valence-corrected chi connectivity index (χ1v) is 10.8. The van der Waals surface area contributed by atoms with Gasteiger partial charge in [0, 0.05) is 31.6 Å². The summed E-state index contributed by atoms with van der Waals surface area (Å²) in [6, 6.07) is 14.5. The lowest BCUT2D eigenvalue weighted by Gasteiger charge is -2.28. The lowest BCUT2D eigenvalue weighted by Crippen LogP contribution is -2.54. The Morgan fingerprint density at radius 1 is 0.938 bits per heavy atom. The lowest BCUT2D eigenvalue weighted by atomic mass is 10.0. The van der Waals surface area contributed by atoms with E-state index in [0.29, 0.717) is 24.2 Å². The standard InChI is InChI=1S/C24H24N4O4/c25-16-11-19(14-5-2-1-3-6-14)27(13-16)12-15-7-4-8-17-21(15)24(32)28(23(17)31)18-9-10-20(29)26-22(18)30/h1-8,16,18-19H,9-13,25H2,(H,26,29,30)/t16-,18?,19-/m0/s1. The van der Waals surface area contributed by atoms with Gasteiger partial charge in [0.25, 0.3) is 11.8 Å². The van der Waals surface area contributed by atoms with Crippen LogP contribution in [0.1, 0.15) is 57.1 Å². The number of rotatable bonds is 4. The summed E-state index contributed by atoms with van der Waals surface area (Å²) in [4.78, 5) is 53.5. The highest BCUT2D eigenvalue weighted by Gasteiger charge is 2.45. The number of imide groups is 2. The van der Waals surface area contributed by atoms with E-state index in [0.717, 1.165) is 16.9 Å². The average Bonchev–Trinajstić information content (AvgIpc) is 3.27. The highest BCUT2D eigenvalue weighted by Crippen LogP contribution is 2.35. The lowest BCUT2D eigenvalue weighted by molar-refractivity contribution is -0.136. The van der Waals surface area contributed by atoms with Gasteiger partial charge in [-0.25, -0.2) is 0 Å². The van der Waals surface area contributed by atoms with Gasteiger partial charge in [0.15, 0.2) is 0 Å². The number of benzene rings is 2. The normalized spacial score (nSPS) is 25.9. The van der Waals surface area contributed by atoms with Crippen LogP contribution in [0.4, 0.5) is 0 Å². The Balaban J connectivity index is 1.44. The first-order valence-electron chi connectivity index (χ1n) is 10.8. The molecule has 0 spiro atoms. The van der Waals surface area contributed by atoms with Crippen molar-refractivity contribution >= 4 is 23.6 Å². The van der Waals surface area contributed by atoms with Crippen molar-refractivity contribution in [2.75, 3.05) is 6.54 Å². The number of fused-ring (bicyclic) bond motifs is 1. The Labute approximate surface area is 185 Å². The third kappa shape index (κ3) is 3.41. The van der Waals surface area contributed by atoms with E-state index in [4.69, 9.17) is 5.73 Å². The van der Waals surface area contributed by atoms with Crippen molar-refractivity contribution in [2.45, 2.75) is 43.9 Å². The molecular formula is C24H24N4O4. The van der Waals surface area contributed by atoms with Crippen LogP contribution in [0.25, 0.3) is 0 Å². The van der Waals surface area contributed by atoms with Crippen LogP contribution in [0.15, 0.2) is 48.5 Å². The Bertz CT molecular complexity index is 1120. The van der Waals surface area contributed by atoms with E-state index in [-0.39, 0.29) is 30.8 Å². The molecule has 3 heterocycles. The maximum absolute atomic E-state index is 13.3. The number of carbonyl (C=O) groups excluding carboxylic acids is 4. The van der Waals surface area contributed by atoms with Crippen molar-refractivity contribution in [2.24, 2.45) is 5.73 Å². The summed E-state index contributed by atoms with van der Waals surface area (Å²) in [6.45, 7) is 1.15. The van der Waals surface area contributed by atoms with Gasteiger partial charge < -0.3 is 5.73 Å². The number of hydrogen-bond donors (Lipinski definition) is 2. The van der Waals surface area contributed by atoms with E-state index < -0.39 is 23.8 Å².